The van der Waals surface area contributed by atoms with Crippen molar-refractivity contribution in [2.45, 2.75) is 6.42 Å². The van der Waals surface area contributed by atoms with E-state index in [1.807, 2.05) is 12.1 Å². The summed E-state index contributed by atoms with van der Waals surface area (Å²) in [6, 6.07) is 14.4. The van der Waals surface area contributed by atoms with Gasteiger partial charge < -0.3 is 5.32 Å². The average molecular weight is 237 g/mol. The van der Waals surface area contributed by atoms with Gasteiger partial charge in [-0.15, -0.1) is 0 Å². The Labute approximate surface area is 105 Å². The molecular formula is C14H11N3O. The summed E-state index contributed by atoms with van der Waals surface area (Å²) in [5, 5.41) is 11.3. The van der Waals surface area contributed by atoms with Crippen LogP contribution in [0.2, 0.25) is 0 Å². The van der Waals surface area contributed by atoms with Crippen molar-refractivity contribution in [2.24, 2.45) is 0 Å². The molecule has 0 spiro atoms. The Morgan fingerprint density at radius 3 is 2.61 bits per heavy atom. The minimum atomic E-state index is -0.247. The fourth-order valence-electron chi connectivity index (χ4n) is 1.49. The van der Waals surface area contributed by atoms with Crippen LogP contribution in [0.15, 0.2) is 48.7 Å². The molecule has 1 heterocycles. The summed E-state index contributed by atoms with van der Waals surface area (Å²) >= 11 is 0. The van der Waals surface area contributed by atoms with Gasteiger partial charge in [-0.2, -0.15) is 5.26 Å². The smallest absolute Gasteiger partial charge is 0.274 e. The molecule has 2 aromatic rings. The maximum absolute atomic E-state index is 11.8. The van der Waals surface area contributed by atoms with E-state index in [2.05, 4.69) is 16.4 Å². The normalized spacial score (nSPS) is 9.50. The highest BCUT2D eigenvalue weighted by molar-refractivity contribution is 6.02. The first-order valence-electron chi connectivity index (χ1n) is 5.48. The molecule has 2 rings (SSSR count). The SMILES string of the molecule is N#CCc1ccc(NC(=O)c2ccccn2)cc1. The number of hydrogen-bond acceptors (Lipinski definition) is 3. The third-order valence-corrected chi connectivity index (χ3v) is 2.39. The van der Waals surface area contributed by atoms with Crippen LogP contribution in [0.1, 0.15) is 16.1 Å². The highest BCUT2D eigenvalue weighted by atomic mass is 16.1. The molecule has 0 bridgehead atoms. The molecule has 4 heteroatoms. The molecule has 0 unspecified atom stereocenters. The van der Waals surface area contributed by atoms with Crippen molar-refractivity contribution in [2.75, 3.05) is 5.32 Å². The van der Waals surface area contributed by atoms with Gasteiger partial charge in [-0.25, -0.2) is 0 Å². The lowest BCUT2D eigenvalue weighted by atomic mass is 10.1. The van der Waals surface area contributed by atoms with E-state index in [0.717, 1.165) is 5.56 Å². The fourth-order valence-corrected chi connectivity index (χ4v) is 1.49. The van der Waals surface area contributed by atoms with Gasteiger partial charge in [-0.3, -0.25) is 9.78 Å². The Hall–Kier alpha value is -2.67. The topological polar surface area (TPSA) is 65.8 Å². The number of amides is 1. The van der Waals surface area contributed by atoms with E-state index in [4.69, 9.17) is 5.26 Å². The number of benzene rings is 1. The number of pyridine rings is 1. The molecule has 0 saturated heterocycles. The van der Waals surface area contributed by atoms with Gasteiger partial charge in [0.15, 0.2) is 0 Å². The summed E-state index contributed by atoms with van der Waals surface area (Å²) in [5.41, 5.74) is 1.99. The van der Waals surface area contributed by atoms with Gasteiger partial charge in [0.05, 0.1) is 12.5 Å². The van der Waals surface area contributed by atoms with E-state index in [-0.39, 0.29) is 5.91 Å². The summed E-state index contributed by atoms with van der Waals surface area (Å²) in [5.74, 6) is -0.247. The average Bonchev–Trinajstić information content (AvgIpc) is 2.42. The molecule has 0 aliphatic carbocycles. The Morgan fingerprint density at radius 2 is 2.00 bits per heavy atom. The molecule has 0 radical (unpaired) electrons. The van der Waals surface area contributed by atoms with Crippen LogP contribution < -0.4 is 5.32 Å². The number of hydrogen-bond donors (Lipinski definition) is 1. The predicted octanol–water partition coefficient (Wildman–Crippen LogP) is 2.40. The molecule has 0 atom stereocenters. The van der Waals surface area contributed by atoms with Crippen molar-refractivity contribution in [1.82, 2.24) is 4.98 Å². The van der Waals surface area contributed by atoms with Gasteiger partial charge in [0.25, 0.3) is 5.91 Å². The number of aromatic nitrogens is 1. The molecule has 1 aromatic carbocycles. The Kier molecular flexibility index (Phi) is 3.67. The standard InChI is InChI=1S/C14H11N3O/c15-9-8-11-4-6-12(7-5-11)17-14(18)13-3-1-2-10-16-13/h1-7,10H,8H2,(H,17,18). The third kappa shape index (κ3) is 2.92. The zero-order valence-corrected chi connectivity index (χ0v) is 9.63. The van der Waals surface area contributed by atoms with Crippen LogP contribution in [-0.4, -0.2) is 10.9 Å². The van der Waals surface area contributed by atoms with Crippen LogP contribution in [0.5, 0.6) is 0 Å². The zero-order valence-electron chi connectivity index (χ0n) is 9.63. The second-order valence-corrected chi connectivity index (χ2v) is 3.70. The lowest BCUT2D eigenvalue weighted by Gasteiger charge is -2.04. The van der Waals surface area contributed by atoms with Gasteiger partial charge in [0.2, 0.25) is 0 Å². The van der Waals surface area contributed by atoms with Crippen molar-refractivity contribution >= 4 is 11.6 Å². The second kappa shape index (κ2) is 5.60. The molecule has 0 fully saturated rings. The Balaban J connectivity index is 2.06. The number of rotatable bonds is 3. The van der Waals surface area contributed by atoms with Gasteiger partial charge in [-0.1, -0.05) is 18.2 Å². The van der Waals surface area contributed by atoms with E-state index in [1.165, 1.54) is 0 Å². The fraction of sp³-hybridized carbons (Fsp3) is 0.0714. The van der Waals surface area contributed by atoms with Crippen molar-refractivity contribution in [3.8, 4) is 6.07 Å². The molecule has 1 amide bonds. The first-order valence-corrected chi connectivity index (χ1v) is 5.48. The molecule has 1 N–H and O–H groups in total. The first-order chi connectivity index (χ1) is 8.79. The maximum atomic E-state index is 11.8. The first kappa shape index (κ1) is 11.8. The number of nitrogens with one attached hydrogen (secondary N) is 1. The van der Waals surface area contributed by atoms with Crippen LogP contribution >= 0.6 is 0 Å². The molecular weight excluding hydrogens is 226 g/mol. The van der Waals surface area contributed by atoms with E-state index < -0.39 is 0 Å². The highest BCUT2D eigenvalue weighted by Crippen LogP contribution is 2.11. The van der Waals surface area contributed by atoms with Gasteiger partial charge in [-0.05, 0) is 29.8 Å². The molecule has 4 nitrogen and oxygen atoms in total. The lowest BCUT2D eigenvalue weighted by Crippen LogP contribution is -2.13. The van der Waals surface area contributed by atoms with Gasteiger partial charge >= 0.3 is 0 Å². The lowest BCUT2D eigenvalue weighted by molar-refractivity contribution is 0.102. The minimum Gasteiger partial charge on any atom is -0.321 e. The molecule has 0 aliphatic rings. The van der Waals surface area contributed by atoms with Crippen LogP contribution in [0.25, 0.3) is 0 Å². The van der Waals surface area contributed by atoms with E-state index in [1.54, 1.807) is 36.5 Å². The van der Waals surface area contributed by atoms with Crippen molar-refractivity contribution in [1.29, 1.82) is 5.26 Å². The van der Waals surface area contributed by atoms with E-state index in [0.29, 0.717) is 17.8 Å². The highest BCUT2D eigenvalue weighted by Gasteiger charge is 2.06. The van der Waals surface area contributed by atoms with Gasteiger partial charge in [0, 0.05) is 11.9 Å². The molecule has 1 aromatic heterocycles. The van der Waals surface area contributed by atoms with E-state index >= 15 is 0 Å². The van der Waals surface area contributed by atoms with Gasteiger partial charge in [0.1, 0.15) is 5.69 Å². The zero-order chi connectivity index (χ0) is 12.8. The monoisotopic (exact) mass is 237 g/mol. The number of carbonyl (C=O) groups excluding carboxylic acids is 1. The summed E-state index contributed by atoms with van der Waals surface area (Å²) in [4.78, 5) is 15.8. The minimum absolute atomic E-state index is 0.247. The van der Waals surface area contributed by atoms with Crippen molar-refractivity contribution in [3.63, 3.8) is 0 Å². The van der Waals surface area contributed by atoms with Crippen LogP contribution in [0.4, 0.5) is 5.69 Å². The number of nitriles is 1. The largest absolute Gasteiger partial charge is 0.321 e. The molecule has 0 aliphatic heterocycles. The summed E-state index contributed by atoms with van der Waals surface area (Å²) in [6.07, 6.45) is 1.94. The second-order valence-electron chi connectivity index (χ2n) is 3.70. The number of nitrogens with zero attached hydrogens (tertiary/aromatic N) is 2. The molecule has 18 heavy (non-hydrogen) atoms. The number of carbonyl (C=O) groups is 1. The van der Waals surface area contributed by atoms with E-state index in [9.17, 15) is 4.79 Å². The predicted molar refractivity (Wildman–Crippen MR) is 67.9 cm³/mol. The quantitative estimate of drug-likeness (QED) is 0.891. The van der Waals surface area contributed by atoms with Crippen molar-refractivity contribution in [3.05, 3.63) is 59.9 Å². The summed E-state index contributed by atoms with van der Waals surface area (Å²) < 4.78 is 0. The maximum Gasteiger partial charge on any atom is 0.274 e. The molecule has 88 valence electrons. The van der Waals surface area contributed by atoms with Crippen LogP contribution in [0, 0.1) is 11.3 Å². The molecule has 0 saturated carbocycles. The summed E-state index contributed by atoms with van der Waals surface area (Å²) in [7, 11) is 0. The third-order valence-electron chi connectivity index (χ3n) is 2.39. The van der Waals surface area contributed by atoms with Crippen LogP contribution in [-0.2, 0) is 6.42 Å². The van der Waals surface area contributed by atoms with Crippen molar-refractivity contribution < 1.29 is 4.79 Å². The van der Waals surface area contributed by atoms with Crippen LogP contribution in [0.3, 0.4) is 0 Å². The number of anilines is 1. The Morgan fingerprint density at radius 1 is 1.22 bits per heavy atom. The Bertz CT molecular complexity index is 570. The summed E-state index contributed by atoms with van der Waals surface area (Å²) in [6.45, 7) is 0.